The first-order chi connectivity index (χ1) is 23.8. The molecule has 6 nitrogen and oxygen atoms in total. The molecule has 6 unspecified atom stereocenters. The largest absolute Gasteiger partial charge is 0.390 e. The molecule has 4 aliphatic carbocycles. The molecule has 0 bridgehead atoms. The van der Waals surface area contributed by atoms with Crippen molar-refractivity contribution in [2.45, 2.75) is 173 Å². The van der Waals surface area contributed by atoms with E-state index >= 15 is 0 Å². The summed E-state index contributed by atoms with van der Waals surface area (Å²) in [6.07, 6.45) is 22.1. The molecule has 49 heavy (non-hydrogen) atoms. The molecule has 0 radical (unpaired) electrons. The fourth-order valence-corrected chi connectivity index (χ4v) is 11.5. The van der Waals surface area contributed by atoms with E-state index in [2.05, 4.69) is 31.0 Å². The van der Waals surface area contributed by atoms with Crippen LogP contribution in [0.3, 0.4) is 0 Å². The third-order valence-electron chi connectivity index (χ3n) is 14.0. The minimum atomic E-state index is -0.488. The Hall–Kier alpha value is -1.26. The summed E-state index contributed by atoms with van der Waals surface area (Å²) >= 11 is 0. The zero-order valence-corrected chi connectivity index (χ0v) is 31.5. The maximum atomic E-state index is 14.7. The summed E-state index contributed by atoms with van der Waals surface area (Å²) in [5, 5.41) is 14.7. The second-order valence-corrected chi connectivity index (χ2v) is 17.4. The van der Waals surface area contributed by atoms with Gasteiger partial charge >= 0.3 is 0 Å². The highest BCUT2D eigenvalue weighted by Gasteiger charge is 2.46. The van der Waals surface area contributed by atoms with E-state index in [4.69, 9.17) is 10.5 Å². The fraction of sp³-hybridized carbons (Fsp3) is 0.907. The Bertz CT molecular complexity index is 1090. The number of carbonyl (C=O) groups excluding carboxylic acids is 2. The normalized spacial score (nSPS) is 39.8. The lowest BCUT2D eigenvalue weighted by Crippen LogP contribution is -2.44. The average Bonchev–Trinajstić information content (AvgIpc) is 3.23. The number of aliphatic hydroxyl groups is 1. The van der Waals surface area contributed by atoms with Gasteiger partial charge in [0, 0.05) is 31.3 Å². The Kier molecular flexibility index (Phi) is 15.5. The van der Waals surface area contributed by atoms with Crippen LogP contribution >= 0.6 is 0 Å². The summed E-state index contributed by atoms with van der Waals surface area (Å²) < 4.78 is 5.77. The smallest absolute Gasteiger partial charge is 0.144 e. The molecule has 1 heterocycles. The summed E-state index contributed by atoms with van der Waals surface area (Å²) in [7, 11) is 1.71. The highest BCUT2D eigenvalue weighted by atomic mass is 16.5. The molecule has 6 heteroatoms. The Morgan fingerprint density at radius 1 is 0.857 bits per heavy atom. The van der Waals surface area contributed by atoms with Crippen LogP contribution in [-0.4, -0.2) is 48.7 Å². The van der Waals surface area contributed by atoms with Crippen LogP contribution in [0.25, 0.3) is 0 Å². The summed E-state index contributed by atoms with van der Waals surface area (Å²) in [5.74, 6) is 11.5. The highest BCUT2D eigenvalue weighted by molar-refractivity contribution is 6.00. The summed E-state index contributed by atoms with van der Waals surface area (Å²) in [6, 6.07) is 0. The van der Waals surface area contributed by atoms with Gasteiger partial charge < -0.3 is 20.9 Å². The number of unbranched alkanes of at least 4 members (excludes halogenated alkanes) is 3. The van der Waals surface area contributed by atoms with E-state index in [1.165, 1.54) is 83.5 Å². The van der Waals surface area contributed by atoms with Gasteiger partial charge in [-0.05, 0) is 119 Å². The van der Waals surface area contributed by atoms with Crippen molar-refractivity contribution in [2.75, 3.05) is 13.7 Å². The van der Waals surface area contributed by atoms with E-state index in [0.29, 0.717) is 42.4 Å². The first-order valence-corrected chi connectivity index (χ1v) is 21.1. The van der Waals surface area contributed by atoms with Gasteiger partial charge in [-0.3, -0.25) is 9.59 Å². The molecule has 4 fully saturated rings. The first kappa shape index (κ1) is 39.0. The molecule has 1 saturated heterocycles. The number of hydrogen-bond acceptors (Lipinski definition) is 6. The molecule has 3 saturated carbocycles. The number of hydrogen-bond donors (Lipinski definition) is 3. The minimum absolute atomic E-state index is 0.00291. The number of piperidine rings is 1. The van der Waals surface area contributed by atoms with Crippen LogP contribution in [-0.2, 0) is 14.3 Å². The van der Waals surface area contributed by atoms with E-state index in [1.807, 2.05) is 0 Å². The highest BCUT2D eigenvalue weighted by Crippen LogP contribution is 2.49. The Labute approximate surface area is 299 Å². The lowest BCUT2D eigenvalue weighted by Gasteiger charge is -2.44. The number of aliphatic hydroxyl groups excluding tert-OH is 1. The molecule has 0 aromatic rings. The number of methoxy groups -OCH3 is 1. The minimum Gasteiger partial charge on any atom is -0.390 e. The number of nitrogens with two attached hydrogens (primary N) is 1. The van der Waals surface area contributed by atoms with Crippen molar-refractivity contribution < 1.29 is 19.4 Å². The molecule has 4 N–H and O–H groups in total. The van der Waals surface area contributed by atoms with Crippen LogP contribution in [0.1, 0.15) is 155 Å². The molecule has 1 aliphatic heterocycles. The number of Topliss-reactive ketones (excluding diaryl/α,β-unsaturated/α-hetero) is 2. The van der Waals surface area contributed by atoms with Gasteiger partial charge in [0.2, 0.25) is 0 Å². The van der Waals surface area contributed by atoms with Crippen LogP contribution in [0.15, 0.2) is 0 Å². The fourth-order valence-electron chi connectivity index (χ4n) is 11.5. The summed E-state index contributed by atoms with van der Waals surface area (Å²) in [5.41, 5.74) is 6.41. The number of nitrogens with one attached hydrogen (secondary N) is 1. The monoisotopic (exact) mass is 681 g/mol. The van der Waals surface area contributed by atoms with Crippen molar-refractivity contribution in [3.8, 4) is 11.8 Å². The van der Waals surface area contributed by atoms with Gasteiger partial charge in [-0.1, -0.05) is 83.5 Å². The molecular weight excluding hydrogens is 608 g/mol. The van der Waals surface area contributed by atoms with Crippen molar-refractivity contribution in [3.05, 3.63) is 0 Å². The molecule has 5 rings (SSSR count). The van der Waals surface area contributed by atoms with Gasteiger partial charge in [-0.15, -0.1) is 0 Å². The molecule has 278 valence electrons. The average molecular weight is 681 g/mol. The SMILES string of the molecule is CCCCC[C@H]1[C@@H](CCCC)C[C@@H](CC2CCNC(N)C2)C[C@@H]2C#C[C@@H](C3CCCCC3)C3CC(O)C(OC)CC3CCC(=O)CC(=O)[C@@H]12. The molecule has 12 atom stereocenters. The van der Waals surface area contributed by atoms with Gasteiger partial charge in [-0.25, -0.2) is 0 Å². The van der Waals surface area contributed by atoms with Crippen molar-refractivity contribution in [2.24, 2.45) is 64.9 Å². The zero-order chi connectivity index (χ0) is 34.8. The molecule has 0 spiro atoms. The molecule has 0 amide bonds. The van der Waals surface area contributed by atoms with E-state index in [1.54, 1.807) is 7.11 Å². The van der Waals surface area contributed by atoms with Crippen LogP contribution < -0.4 is 11.1 Å². The predicted molar refractivity (Wildman–Crippen MR) is 198 cm³/mol. The van der Waals surface area contributed by atoms with Gasteiger partial charge in [0.05, 0.1) is 24.8 Å². The molecule has 5 aliphatic rings. The lowest BCUT2D eigenvalue weighted by atomic mass is 9.63. The van der Waals surface area contributed by atoms with Gasteiger partial charge in [-0.2, -0.15) is 0 Å². The number of rotatable bonds is 11. The summed E-state index contributed by atoms with van der Waals surface area (Å²) in [6.45, 7) is 5.55. The van der Waals surface area contributed by atoms with E-state index in [-0.39, 0.29) is 59.8 Å². The second kappa shape index (κ2) is 19.5. The lowest BCUT2D eigenvalue weighted by molar-refractivity contribution is -0.132. The van der Waals surface area contributed by atoms with Crippen LogP contribution in [0.2, 0.25) is 0 Å². The van der Waals surface area contributed by atoms with Crippen molar-refractivity contribution in [1.82, 2.24) is 5.32 Å². The second-order valence-electron chi connectivity index (χ2n) is 17.4. The number of ketones is 2. The number of carbonyl (C=O) groups is 2. The van der Waals surface area contributed by atoms with Gasteiger partial charge in [0.15, 0.2) is 0 Å². The third kappa shape index (κ3) is 10.6. The van der Waals surface area contributed by atoms with E-state index < -0.39 is 6.10 Å². The van der Waals surface area contributed by atoms with E-state index in [0.717, 1.165) is 45.1 Å². The summed E-state index contributed by atoms with van der Waals surface area (Å²) in [4.78, 5) is 28.4. The molecule has 0 aromatic carbocycles. The number of fused-ring (bicyclic) bond motifs is 2. The first-order valence-electron chi connectivity index (χ1n) is 21.1. The van der Waals surface area contributed by atoms with Crippen molar-refractivity contribution in [3.63, 3.8) is 0 Å². The van der Waals surface area contributed by atoms with Crippen molar-refractivity contribution >= 4 is 11.6 Å². The van der Waals surface area contributed by atoms with Crippen molar-refractivity contribution in [1.29, 1.82) is 0 Å². The van der Waals surface area contributed by atoms with Gasteiger partial charge in [0.1, 0.15) is 11.6 Å². The Morgan fingerprint density at radius 3 is 2.39 bits per heavy atom. The Balaban J connectivity index is 1.56. The zero-order valence-electron chi connectivity index (χ0n) is 31.5. The van der Waals surface area contributed by atoms with Gasteiger partial charge in [0.25, 0.3) is 0 Å². The standard InChI is InChI=1S/C43H72N2O4/c1-4-6-9-15-37-32(12-7-5-2)23-30(22-29-20-21-45-42(44)25-29)24-34-17-19-36(31-13-10-8-11-14-31)38-28-39(47)41(49-3)26-33(38)16-18-35(46)27-40(48)43(34)37/h29-34,36-39,41-43,45,47H,4-16,18,20-28,44H2,1-3H3/t29?,30-,32+,33?,34+,36+,37+,38?,39?,41?,42?,43-/m1/s1. The third-order valence-corrected chi connectivity index (χ3v) is 14.0. The molecule has 0 aromatic heterocycles. The van der Waals surface area contributed by atoms with Crippen LogP contribution in [0.5, 0.6) is 0 Å². The molecular formula is C43H72N2O4. The quantitative estimate of drug-likeness (QED) is 0.116. The maximum absolute atomic E-state index is 14.7. The van der Waals surface area contributed by atoms with E-state index in [9.17, 15) is 14.7 Å². The van der Waals surface area contributed by atoms with Crippen LogP contribution in [0.4, 0.5) is 0 Å². The number of ether oxygens (including phenoxy) is 1. The Morgan fingerprint density at radius 2 is 1.65 bits per heavy atom. The van der Waals surface area contributed by atoms with Crippen LogP contribution in [0, 0.1) is 71.0 Å². The predicted octanol–water partition coefficient (Wildman–Crippen LogP) is 8.23. The topological polar surface area (TPSA) is 102 Å². The maximum Gasteiger partial charge on any atom is 0.144 e.